The monoisotopic (exact) mass is 547 g/mol. The number of carbonyl (C=O) groups is 3. The van der Waals surface area contributed by atoms with Crippen molar-refractivity contribution >= 4 is 57.0 Å². The molecule has 1 aliphatic heterocycles. The van der Waals surface area contributed by atoms with E-state index >= 15 is 0 Å². The number of carboxylic acids is 1. The third kappa shape index (κ3) is 7.28. The van der Waals surface area contributed by atoms with Crippen molar-refractivity contribution in [3.8, 4) is 0 Å². The molecule has 3 rings (SSSR count). The number of carboxylic acid groups (broad SMARTS) is 1. The Hall–Kier alpha value is -3.41. The first-order chi connectivity index (χ1) is 16.7. The van der Waals surface area contributed by atoms with E-state index in [1.165, 1.54) is 13.8 Å². The van der Waals surface area contributed by atoms with E-state index in [4.69, 9.17) is 5.11 Å². The van der Waals surface area contributed by atoms with Gasteiger partial charge in [-0.1, -0.05) is 6.07 Å². The van der Waals surface area contributed by atoms with Crippen molar-refractivity contribution in [3.05, 3.63) is 34.9 Å². The Kier molecular flexibility index (Phi) is 8.85. The van der Waals surface area contributed by atoms with Gasteiger partial charge >= 0.3 is 12.0 Å². The lowest BCUT2D eigenvalue weighted by molar-refractivity contribution is -0.153. The van der Waals surface area contributed by atoms with Crippen LogP contribution in [-0.4, -0.2) is 64.1 Å². The van der Waals surface area contributed by atoms with Crippen molar-refractivity contribution < 1.29 is 19.5 Å². The van der Waals surface area contributed by atoms with Crippen LogP contribution in [0.5, 0.6) is 0 Å². The Bertz CT molecular complexity index is 1070. The molecule has 0 atom stereocenters. The first-order valence-corrected chi connectivity index (χ1v) is 12.2. The fourth-order valence-corrected chi connectivity index (χ4v) is 3.62. The van der Waals surface area contributed by atoms with E-state index in [2.05, 4.69) is 47.2 Å². The number of hydrogen-bond acceptors (Lipinski definition) is 7. The summed E-state index contributed by atoms with van der Waals surface area (Å²) in [6.07, 6.45) is 4.25. The van der Waals surface area contributed by atoms with Crippen LogP contribution in [-0.2, 0) is 9.59 Å². The minimum absolute atomic E-state index is 0.103. The van der Waals surface area contributed by atoms with Gasteiger partial charge in [0.05, 0.1) is 4.47 Å². The highest BCUT2D eigenvalue weighted by molar-refractivity contribution is 9.10. The number of aromatic nitrogens is 2. The van der Waals surface area contributed by atoms with Crippen LogP contribution in [0, 0.1) is 5.41 Å². The minimum atomic E-state index is -1.47. The number of likely N-dealkylation sites (tertiary alicyclic amines) is 1. The van der Waals surface area contributed by atoms with Gasteiger partial charge in [0.15, 0.2) is 0 Å². The molecule has 0 radical (unpaired) electrons. The number of nitrogens with zero attached hydrogens (tertiary/aromatic N) is 3. The molecular formula is C23H30BrN7O4. The summed E-state index contributed by atoms with van der Waals surface area (Å²) in [5, 5.41) is 21.0. The second kappa shape index (κ2) is 11.8. The van der Waals surface area contributed by atoms with Crippen LogP contribution < -0.4 is 21.3 Å². The molecule has 5 N–H and O–H groups in total. The number of aliphatic carboxylic acids is 1. The van der Waals surface area contributed by atoms with Gasteiger partial charge in [0.2, 0.25) is 11.9 Å². The van der Waals surface area contributed by atoms with Crippen molar-refractivity contribution in [2.45, 2.75) is 33.1 Å². The fraction of sp³-hybridized carbons (Fsp3) is 0.435. The number of hydrogen-bond donors (Lipinski definition) is 5. The highest BCUT2D eigenvalue weighted by Gasteiger charge is 2.35. The first-order valence-electron chi connectivity index (χ1n) is 11.4. The van der Waals surface area contributed by atoms with E-state index in [1.807, 2.05) is 24.3 Å². The molecule has 0 saturated carbocycles. The molecule has 0 spiro atoms. The summed E-state index contributed by atoms with van der Waals surface area (Å²) in [5.74, 6) is -0.760. The Balaban J connectivity index is 1.51. The van der Waals surface area contributed by atoms with Gasteiger partial charge in [-0.05, 0) is 67.2 Å². The molecule has 188 valence electrons. The van der Waals surface area contributed by atoms with Gasteiger partial charge in [0.1, 0.15) is 11.2 Å². The summed E-state index contributed by atoms with van der Waals surface area (Å²) < 4.78 is 0.672. The Morgan fingerprint density at radius 3 is 2.57 bits per heavy atom. The molecular weight excluding hydrogens is 518 g/mol. The number of amides is 3. The maximum Gasteiger partial charge on any atom is 0.321 e. The molecule has 1 fully saturated rings. The largest absolute Gasteiger partial charge is 0.480 e. The summed E-state index contributed by atoms with van der Waals surface area (Å²) in [6, 6.07) is 7.22. The molecule has 3 amide bonds. The van der Waals surface area contributed by atoms with E-state index in [1.54, 1.807) is 11.1 Å². The molecule has 0 bridgehead atoms. The summed E-state index contributed by atoms with van der Waals surface area (Å²) >= 11 is 3.42. The van der Waals surface area contributed by atoms with E-state index in [0.29, 0.717) is 41.4 Å². The summed E-state index contributed by atoms with van der Waals surface area (Å²) in [4.78, 5) is 46.0. The number of rotatable bonds is 10. The van der Waals surface area contributed by atoms with Crippen molar-refractivity contribution in [1.29, 1.82) is 0 Å². The van der Waals surface area contributed by atoms with Crippen molar-refractivity contribution in [1.82, 2.24) is 20.2 Å². The van der Waals surface area contributed by atoms with Crippen LogP contribution in [0.3, 0.4) is 0 Å². The SMILES string of the molecule is CC(C)(C(=O)O)C(=O)NCCCNc1nc(Nc2cccc(NC(=O)N3CCCC3)c2)ncc1Br. The quantitative estimate of drug-likeness (QED) is 0.223. The van der Waals surface area contributed by atoms with Gasteiger partial charge in [-0.25, -0.2) is 9.78 Å². The highest BCUT2D eigenvalue weighted by Crippen LogP contribution is 2.23. The van der Waals surface area contributed by atoms with Gasteiger partial charge in [0.25, 0.3) is 0 Å². The van der Waals surface area contributed by atoms with Gasteiger partial charge in [0, 0.05) is 43.8 Å². The molecule has 1 aliphatic rings. The average molecular weight is 548 g/mol. The maximum atomic E-state index is 12.3. The van der Waals surface area contributed by atoms with Gasteiger partial charge < -0.3 is 31.3 Å². The van der Waals surface area contributed by atoms with Crippen LogP contribution >= 0.6 is 15.9 Å². The van der Waals surface area contributed by atoms with E-state index in [0.717, 1.165) is 31.6 Å². The zero-order valence-electron chi connectivity index (χ0n) is 19.7. The molecule has 0 unspecified atom stereocenters. The summed E-state index contributed by atoms with van der Waals surface area (Å²) in [5.41, 5.74) is -0.0745. The standard InChI is InChI=1S/C23H30BrN7O4/c1-23(2,20(33)34)19(32)26-10-6-9-25-18-17(24)14-27-21(30-18)28-15-7-5-8-16(13-15)29-22(35)31-11-3-4-12-31/h5,7-8,13-14H,3-4,6,9-12H2,1-2H3,(H,26,32)(H,29,35)(H,33,34)(H2,25,27,28,30). The van der Waals surface area contributed by atoms with Gasteiger partial charge in [-0.3, -0.25) is 9.59 Å². The zero-order valence-corrected chi connectivity index (χ0v) is 21.3. The Labute approximate surface area is 212 Å². The number of urea groups is 1. The number of anilines is 4. The van der Waals surface area contributed by atoms with Crippen molar-refractivity contribution in [2.24, 2.45) is 5.41 Å². The van der Waals surface area contributed by atoms with Crippen LogP contribution in [0.2, 0.25) is 0 Å². The molecule has 2 aromatic rings. The van der Waals surface area contributed by atoms with E-state index in [9.17, 15) is 14.4 Å². The van der Waals surface area contributed by atoms with Crippen molar-refractivity contribution in [2.75, 3.05) is 42.1 Å². The second-order valence-corrected chi connectivity index (χ2v) is 9.54. The van der Waals surface area contributed by atoms with Crippen LogP contribution in [0.4, 0.5) is 27.9 Å². The lowest BCUT2D eigenvalue weighted by Gasteiger charge is -2.18. The zero-order chi connectivity index (χ0) is 25.4. The molecule has 1 saturated heterocycles. The van der Waals surface area contributed by atoms with Crippen LogP contribution in [0.1, 0.15) is 33.1 Å². The summed E-state index contributed by atoms with van der Waals surface area (Å²) in [7, 11) is 0. The maximum absolute atomic E-state index is 12.3. The average Bonchev–Trinajstić information content (AvgIpc) is 3.36. The van der Waals surface area contributed by atoms with Crippen LogP contribution in [0.25, 0.3) is 0 Å². The molecule has 0 aliphatic carbocycles. The normalized spacial score (nSPS) is 13.3. The first kappa shape index (κ1) is 26.2. The smallest absolute Gasteiger partial charge is 0.321 e. The minimum Gasteiger partial charge on any atom is -0.480 e. The predicted octanol–water partition coefficient (Wildman–Crippen LogP) is 3.64. The fourth-order valence-electron chi connectivity index (χ4n) is 3.29. The third-order valence-electron chi connectivity index (χ3n) is 5.54. The van der Waals surface area contributed by atoms with Crippen molar-refractivity contribution in [3.63, 3.8) is 0 Å². The number of benzene rings is 1. The lowest BCUT2D eigenvalue weighted by Crippen LogP contribution is -2.42. The molecule has 35 heavy (non-hydrogen) atoms. The summed E-state index contributed by atoms with van der Waals surface area (Å²) in [6.45, 7) is 5.12. The highest BCUT2D eigenvalue weighted by atomic mass is 79.9. The van der Waals surface area contributed by atoms with E-state index < -0.39 is 17.3 Å². The third-order valence-corrected chi connectivity index (χ3v) is 6.12. The molecule has 12 heteroatoms. The lowest BCUT2D eigenvalue weighted by atomic mass is 9.93. The van der Waals surface area contributed by atoms with Gasteiger partial charge in [-0.2, -0.15) is 4.98 Å². The molecule has 11 nitrogen and oxygen atoms in total. The second-order valence-electron chi connectivity index (χ2n) is 8.69. The predicted molar refractivity (Wildman–Crippen MR) is 137 cm³/mol. The number of halogens is 1. The number of nitrogens with one attached hydrogen (secondary N) is 4. The molecule has 1 aromatic carbocycles. The number of carbonyl (C=O) groups excluding carboxylic acids is 2. The topological polar surface area (TPSA) is 149 Å². The van der Waals surface area contributed by atoms with E-state index in [-0.39, 0.29) is 6.03 Å². The molecule has 2 heterocycles. The Morgan fingerprint density at radius 1 is 1.14 bits per heavy atom. The molecule has 1 aromatic heterocycles. The van der Waals surface area contributed by atoms with Crippen LogP contribution in [0.15, 0.2) is 34.9 Å². The Morgan fingerprint density at radius 2 is 1.86 bits per heavy atom. The van der Waals surface area contributed by atoms with Gasteiger partial charge in [-0.15, -0.1) is 0 Å².